The molecule has 4 aromatic carbocycles. The van der Waals surface area contributed by atoms with E-state index < -0.39 is 99.4 Å². The van der Waals surface area contributed by atoms with Gasteiger partial charge in [-0.25, -0.2) is 4.57 Å². The van der Waals surface area contributed by atoms with E-state index in [4.69, 9.17) is 0 Å². The van der Waals surface area contributed by atoms with Crippen molar-refractivity contribution in [1.29, 1.82) is 0 Å². The molecule has 0 bridgehead atoms. The van der Waals surface area contributed by atoms with Crippen LogP contribution in [-0.2, 0) is 17.8 Å². The number of nitro groups is 6. The van der Waals surface area contributed by atoms with Crippen molar-refractivity contribution >= 4 is 80.0 Å². The molecule has 0 aliphatic carbocycles. The van der Waals surface area contributed by atoms with Crippen molar-refractivity contribution in [2.45, 2.75) is 111 Å². The van der Waals surface area contributed by atoms with Gasteiger partial charge in [0.2, 0.25) is 5.91 Å². The van der Waals surface area contributed by atoms with Crippen LogP contribution in [0.15, 0.2) is 79.1 Å². The molecule has 78 heavy (non-hydrogen) atoms. The van der Waals surface area contributed by atoms with Crippen LogP contribution in [0.5, 0.6) is 0 Å². The number of rotatable bonds is 34. The summed E-state index contributed by atoms with van der Waals surface area (Å²) in [6, 6.07) is 18.4. The first kappa shape index (κ1) is 60.3. The van der Waals surface area contributed by atoms with Crippen LogP contribution in [0.4, 0.5) is 51.2 Å². The van der Waals surface area contributed by atoms with E-state index in [1.165, 1.54) is 59.1 Å². The maximum Gasteiger partial charge on any atom is 0.286 e. The zero-order chi connectivity index (χ0) is 56.9. The van der Waals surface area contributed by atoms with Crippen LogP contribution in [0, 0.1) is 60.7 Å². The Bertz CT molecular complexity index is 2960. The first-order valence-electron chi connectivity index (χ1n) is 26.3. The number of carbonyl (C=O) groups excluding carboxylic acids is 1. The molecule has 0 fully saturated rings. The number of anilines is 1. The van der Waals surface area contributed by atoms with Gasteiger partial charge < -0.3 is 20.0 Å². The van der Waals surface area contributed by atoms with Crippen molar-refractivity contribution in [3.8, 4) is 0 Å². The Morgan fingerprint density at radius 3 is 1.67 bits per heavy atom. The van der Waals surface area contributed by atoms with Gasteiger partial charge in [0.1, 0.15) is 5.56 Å². The Morgan fingerprint density at radius 2 is 1.12 bits per heavy atom. The smallest absolute Gasteiger partial charge is 0.286 e. The number of carbonyl (C=O) groups is 1. The highest BCUT2D eigenvalue weighted by molar-refractivity contribution is 5.94. The standard InChI is InChI=1S/C54H67N11O13/c1-5-65(6-2,7-3)34-18-31-58-32-27-40(28-33-58)19-20-41-21-22-43-36-44(24-23-42(43)35-41)57(4)30-17-15-13-11-9-8-10-12-14-16-29-55-51(66)26-25-46-47(60(69)70)39-50(63(75)76)53(54(46)64(77)78)56-52-48(61(71)72)37-45(59(67)68)38-49(52)62(73)74/h19-24,27-28,32-33,35-39H,5-18,25-26,29-31,34H2,1-4H3/p+1. The predicted octanol–water partition coefficient (Wildman–Crippen LogP) is 12.4. The van der Waals surface area contributed by atoms with E-state index >= 15 is 0 Å². The van der Waals surface area contributed by atoms with Crippen molar-refractivity contribution in [2.24, 2.45) is 0 Å². The van der Waals surface area contributed by atoms with Crippen LogP contribution in [0.2, 0.25) is 0 Å². The lowest BCUT2D eigenvalue weighted by Gasteiger charge is -2.35. The SMILES string of the molecule is CC[N+](CC)(CC)CCC[n+]1ccc(/C=C/c2ccc3cc(N(C)CCCCCCCCCCCCNC(=O)CCc4c([N+](=O)[O-])cc([N+](=O)[O-])c([N-]c5c([N+](=O)[O-])cc([N+](=O)[O-])cc5[N+](=O)[O-])c4[N+](=O)[O-])ccc3c2)cc1. The molecule has 24 nitrogen and oxygen atoms in total. The predicted molar refractivity (Wildman–Crippen MR) is 297 cm³/mol. The maximum atomic E-state index is 12.8. The third-order valence-electron chi connectivity index (χ3n) is 14.4. The molecule has 5 rings (SSSR count). The molecule has 0 aliphatic heterocycles. The summed E-state index contributed by atoms with van der Waals surface area (Å²) >= 11 is 0. The first-order chi connectivity index (χ1) is 37.3. The van der Waals surface area contributed by atoms with Crippen molar-refractivity contribution in [2.75, 3.05) is 51.2 Å². The van der Waals surface area contributed by atoms with E-state index in [9.17, 15) is 65.5 Å². The van der Waals surface area contributed by atoms with Crippen molar-refractivity contribution in [3.05, 3.63) is 162 Å². The number of quaternary nitrogens is 1. The first-order valence-corrected chi connectivity index (χ1v) is 26.3. The molecule has 0 atom stereocenters. The summed E-state index contributed by atoms with van der Waals surface area (Å²) in [5.41, 5.74) is -7.87. The fraction of sp³-hybridized carbons (Fsp3) is 0.444. The quantitative estimate of drug-likeness (QED) is 0.0132. The number of hydrogen-bond donors (Lipinski definition) is 1. The van der Waals surface area contributed by atoms with E-state index in [-0.39, 0.29) is 18.7 Å². The summed E-state index contributed by atoms with van der Waals surface area (Å²) in [6.45, 7) is 13.8. The summed E-state index contributed by atoms with van der Waals surface area (Å²) in [6.07, 6.45) is 18.6. The second-order valence-corrected chi connectivity index (χ2v) is 19.2. The minimum Gasteiger partial charge on any atom is -0.635 e. The van der Waals surface area contributed by atoms with Gasteiger partial charge in [-0.1, -0.05) is 81.7 Å². The van der Waals surface area contributed by atoms with Gasteiger partial charge in [-0.15, -0.1) is 0 Å². The van der Waals surface area contributed by atoms with Crippen molar-refractivity contribution in [1.82, 2.24) is 5.32 Å². The van der Waals surface area contributed by atoms with Crippen LogP contribution < -0.4 is 14.8 Å². The monoisotopic (exact) mass is 1080 g/mol. The molecule has 0 aliphatic rings. The molecule has 1 amide bonds. The van der Waals surface area contributed by atoms with E-state index in [2.05, 4.69) is 121 Å². The zero-order valence-corrected chi connectivity index (χ0v) is 44.6. The Kier molecular flexibility index (Phi) is 22.5. The summed E-state index contributed by atoms with van der Waals surface area (Å²) in [4.78, 5) is 79.0. The van der Waals surface area contributed by atoms with Crippen LogP contribution in [0.3, 0.4) is 0 Å². The highest BCUT2D eigenvalue weighted by Gasteiger charge is 2.35. The molecule has 0 unspecified atom stereocenters. The summed E-state index contributed by atoms with van der Waals surface area (Å²) in [5, 5.41) is 80.1. The summed E-state index contributed by atoms with van der Waals surface area (Å²) in [7, 11) is 2.13. The number of pyridine rings is 1. The molecular weight excluding hydrogens is 1010 g/mol. The van der Waals surface area contributed by atoms with Gasteiger partial charge in [0.05, 0.1) is 80.3 Å². The number of nitrogens with zero attached hydrogens (tertiary/aromatic N) is 10. The number of nitro benzene ring substituents is 6. The molecule has 1 aromatic heterocycles. The van der Waals surface area contributed by atoms with E-state index in [1.807, 2.05) is 0 Å². The third kappa shape index (κ3) is 16.7. The fourth-order valence-electron chi connectivity index (χ4n) is 9.55. The average molecular weight is 1080 g/mol. The van der Waals surface area contributed by atoms with E-state index in [0.717, 1.165) is 76.4 Å². The van der Waals surface area contributed by atoms with Gasteiger partial charge in [0.15, 0.2) is 18.9 Å². The lowest BCUT2D eigenvalue weighted by atomic mass is 10.0. The van der Waals surface area contributed by atoms with Crippen LogP contribution >= 0.6 is 0 Å². The summed E-state index contributed by atoms with van der Waals surface area (Å²) in [5.74, 6) is -0.655. The number of aromatic nitrogens is 1. The Balaban J connectivity index is 0.997. The second kappa shape index (κ2) is 29.1. The maximum absolute atomic E-state index is 12.8. The third-order valence-corrected chi connectivity index (χ3v) is 14.4. The van der Waals surface area contributed by atoms with Gasteiger partial charge in [-0.2, -0.15) is 0 Å². The second-order valence-electron chi connectivity index (χ2n) is 19.2. The lowest BCUT2D eigenvalue weighted by Crippen LogP contribution is -2.49. The Hall–Kier alpha value is -8.54. The zero-order valence-electron chi connectivity index (χ0n) is 44.6. The van der Waals surface area contributed by atoms with Crippen LogP contribution in [-0.4, -0.2) is 86.2 Å². The lowest BCUT2D eigenvalue weighted by molar-refractivity contribution is -0.925. The normalized spacial score (nSPS) is 11.4. The molecular formula is C54H68N11O13+. The number of non-ortho nitro benzene ring substituents is 1. The number of hydrogen-bond acceptors (Lipinski definition) is 14. The van der Waals surface area contributed by atoms with Crippen molar-refractivity contribution < 1.29 is 43.4 Å². The molecule has 1 N–H and O–H groups in total. The van der Waals surface area contributed by atoms with E-state index in [1.54, 1.807) is 0 Å². The average Bonchev–Trinajstić information content (AvgIpc) is 3.47. The Morgan fingerprint density at radius 1 is 0.590 bits per heavy atom. The number of benzene rings is 4. The van der Waals surface area contributed by atoms with Gasteiger partial charge in [-0.05, 0) is 80.1 Å². The summed E-state index contributed by atoms with van der Waals surface area (Å²) < 4.78 is 3.45. The number of aryl methyl sites for hydroxylation is 1. The van der Waals surface area contributed by atoms with E-state index in [0.29, 0.717) is 12.5 Å². The van der Waals surface area contributed by atoms with Crippen LogP contribution in [0.1, 0.15) is 115 Å². The highest BCUT2D eigenvalue weighted by Crippen LogP contribution is 2.54. The molecule has 0 saturated carbocycles. The minimum atomic E-state index is -1.42. The molecule has 24 heteroatoms. The highest BCUT2D eigenvalue weighted by atomic mass is 16.6. The fourth-order valence-corrected chi connectivity index (χ4v) is 9.55. The number of nitrogens with one attached hydrogen (secondary N) is 1. The number of unbranched alkanes of at least 4 members (excludes halogenated alkanes) is 9. The van der Waals surface area contributed by atoms with Gasteiger partial charge in [0, 0.05) is 55.8 Å². The van der Waals surface area contributed by atoms with Crippen LogP contribution in [0.25, 0.3) is 28.2 Å². The topological polar surface area (TPSA) is 309 Å². The van der Waals surface area contributed by atoms with Gasteiger partial charge in [0.25, 0.3) is 34.1 Å². The number of fused-ring (bicyclic) bond motifs is 1. The van der Waals surface area contributed by atoms with Crippen molar-refractivity contribution in [3.63, 3.8) is 0 Å². The van der Waals surface area contributed by atoms with Gasteiger partial charge in [-0.3, -0.25) is 65.5 Å². The molecule has 416 valence electrons. The number of amides is 1. The molecule has 1 heterocycles. The molecule has 0 radical (unpaired) electrons. The molecule has 0 spiro atoms. The molecule has 0 saturated heterocycles. The molecule has 5 aromatic rings. The Labute approximate surface area is 451 Å². The van der Waals surface area contributed by atoms with Gasteiger partial charge >= 0.3 is 0 Å². The minimum absolute atomic E-state index is 0.233. The largest absolute Gasteiger partial charge is 0.635 e.